The fourth-order valence-corrected chi connectivity index (χ4v) is 1.49. The molecule has 7 heteroatoms. The molecule has 1 aliphatic rings. The topological polar surface area (TPSA) is 74.7 Å². The van der Waals surface area contributed by atoms with Crippen LogP contribution in [0.1, 0.15) is 0 Å². The fraction of sp³-hybridized carbons (Fsp3) is 0.333. The molecule has 1 aliphatic heterocycles. The molecule has 56 valence electrons. The number of carbonyl (C=O) groups is 1. The molecule has 0 radical (unpaired) electrons. The van der Waals surface area contributed by atoms with Gasteiger partial charge in [0.2, 0.25) is 0 Å². The minimum absolute atomic E-state index is 0.0256. The highest BCUT2D eigenvalue weighted by Gasteiger charge is 2.38. The molecule has 1 heterocycles. The van der Waals surface area contributed by atoms with Gasteiger partial charge < -0.3 is 0 Å². The van der Waals surface area contributed by atoms with E-state index >= 15 is 0 Å². The second-order valence-electron chi connectivity index (χ2n) is 1.71. The van der Waals surface area contributed by atoms with Crippen LogP contribution < -0.4 is 0 Å². The number of thiocarbonyl (C=S) groups is 1. The molecule has 10 heavy (non-hydrogen) atoms. The van der Waals surface area contributed by atoms with E-state index in [1.807, 2.05) is 0 Å². The highest BCUT2D eigenvalue weighted by Crippen LogP contribution is 2.10. The second kappa shape index (κ2) is 1.97. The first kappa shape index (κ1) is 7.58. The van der Waals surface area contributed by atoms with Gasteiger partial charge in [-0.25, -0.2) is 4.31 Å². The van der Waals surface area contributed by atoms with Crippen LogP contribution >= 0.6 is 12.2 Å². The molecule has 0 aromatic heterocycles. The van der Waals surface area contributed by atoms with Crippen molar-refractivity contribution in [2.45, 2.75) is 0 Å². The van der Waals surface area contributed by atoms with Crippen LogP contribution in [0.3, 0.4) is 0 Å². The van der Waals surface area contributed by atoms with Gasteiger partial charge in [0.15, 0.2) is 0 Å². The van der Waals surface area contributed by atoms with Crippen LogP contribution in [-0.4, -0.2) is 34.6 Å². The van der Waals surface area contributed by atoms with Crippen molar-refractivity contribution < 1.29 is 17.8 Å². The molecular formula is C3H3NO4S2. The lowest BCUT2D eigenvalue weighted by Crippen LogP contribution is -2.54. The van der Waals surface area contributed by atoms with Crippen LogP contribution in [0, 0.1) is 0 Å². The van der Waals surface area contributed by atoms with Crippen LogP contribution in [0.25, 0.3) is 0 Å². The molecule has 1 amide bonds. The Morgan fingerprint density at radius 2 is 2.10 bits per heavy atom. The Hall–Kier alpha value is -0.530. The van der Waals surface area contributed by atoms with Gasteiger partial charge in [-0.3, -0.25) is 9.35 Å². The van der Waals surface area contributed by atoms with Crippen molar-refractivity contribution in [3.63, 3.8) is 0 Å². The monoisotopic (exact) mass is 181 g/mol. The molecular weight excluding hydrogens is 178 g/mol. The summed E-state index contributed by atoms with van der Waals surface area (Å²) in [7, 11) is -4.35. The van der Waals surface area contributed by atoms with E-state index in [9.17, 15) is 13.2 Å². The molecule has 0 atom stereocenters. The van der Waals surface area contributed by atoms with E-state index in [4.69, 9.17) is 4.55 Å². The van der Waals surface area contributed by atoms with Crippen molar-refractivity contribution >= 4 is 33.3 Å². The van der Waals surface area contributed by atoms with Gasteiger partial charge in [0, 0.05) is 0 Å². The van der Waals surface area contributed by atoms with Crippen molar-refractivity contribution in [2.75, 3.05) is 6.54 Å². The quantitative estimate of drug-likeness (QED) is 0.319. The number of nitrogens with zero attached hydrogens (tertiary/aromatic N) is 1. The Morgan fingerprint density at radius 1 is 1.60 bits per heavy atom. The Kier molecular flexibility index (Phi) is 1.50. The molecule has 0 bridgehead atoms. The molecule has 0 aromatic carbocycles. The maximum Gasteiger partial charge on any atom is 0.362 e. The van der Waals surface area contributed by atoms with Crippen LogP contribution in [0.2, 0.25) is 0 Å². The lowest BCUT2D eigenvalue weighted by atomic mass is 10.3. The summed E-state index contributed by atoms with van der Waals surface area (Å²) < 4.78 is 28.9. The lowest BCUT2D eigenvalue weighted by Gasteiger charge is -2.26. The van der Waals surface area contributed by atoms with Gasteiger partial charge in [-0.2, -0.15) is 8.42 Å². The zero-order chi connectivity index (χ0) is 7.94. The number of amides is 1. The SMILES string of the molecule is O=C1C(=S)CN1S(=O)(=O)O. The molecule has 1 N–H and O–H groups in total. The second-order valence-corrected chi connectivity index (χ2v) is 3.54. The molecule has 5 nitrogen and oxygen atoms in total. The van der Waals surface area contributed by atoms with Gasteiger partial charge in [-0.1, -0.05) is 12.2 Å². The number of hydrogen-bond acceptors (Lipinski definition) is 4. The average Bonchev–Trinajstić information content (AvgIpc) is 1.79. The predicted molar refractivity (Wildman–Crippen MR) is 35.9 cm³/mol. The summed E-state index contributed by atoms with van der Waals surface area (Å²) in [5.74, 6) is -0.808. The standard InChI is InChI=1S/C3H3NO4S2/c5-3-2(9)1-4(3)10(6,7)8/h1H2,(H,6,7,8). The number of carbonyl (C=O) groups excluding carboxylic acids is 1. The summed E-state index contributed by atoms with van der Waals surface area (Å²) in [4.78, 5) is 10.5. The first-order valence-corrected chi connectivity index (χ1v) is 4.06. The van der Waals surface area contributed by atoms with Crippen molar-refractivity contribution in [1.29, 1.82) is 0 Å². The first-order valence-electron chi connectivity index (χ1n) is 2.25. The molecule has 1 rings (SSSR count). The first-order chi connectivity index (χ1) is 4.43. The van der Waals surface area contributed by atoms with Crippen molar-refractivity contribution in [3.05, 3.63) is 0 Å². The van der Waals surface area contributed by atoms with Gasteiger partial charge in [0.05, 0.1) is 6.54 Å². The predicted octanol–water partition coefficient (Wildman–Crippen LogP) is -0.999. The maximum absolute atomic E-state index is 10.5. The summed E-state index contributed by atoms with van der Waals surface area (Å²) in [6.45, 7) is -0.174. The molecule has 1 saturated heterocycles. The van der Waals surface area contributed by atoms with E-state index in [1.165, 1.54) is 0 Å². The average molecular weight is 181 g/mol. The highest BCUT2D eigenvalue weighted by molar-refractivity contribution is 7.86. The normalized spacial score (nSPS) is 19.1. The Bertz CT molecular complexity index is 292. The number of hydrogen-bond donors (Lipinski definition) is 1. The van der Waals surface area contributed by atoms with Crippen molar-refractivity contribution in [3.8, 4) is 0 Å². The van der Waals surface area contributed by atoms with Gasteiger partial charge >= 0.3 is 10.3 Å². The van der Waals surface area contributed by atoms with Gasteiger partial charge in [-0.15, -0.1) is 0 Å². The van der Waals surface area contributed by atoms with Crippen molar-refractivity contribution in [2.24, 2.45) is 0 Å². The van der Waals surface area contributed by atoms with Crippen LogP contribution in [0.4, 0.5) is 0 Å². The molecule has 0 aliphatic carbocycles. The summed E-state index contributed by atoms with van der Waals surface area (Å²) in [6, 6.07) is 0. The van der Waals surface area contributed by atoms with Crippen LogP contribution in [0.15, 0.2) is 0 Å². The summed E-state index contributed by atoms with van der Waals surface area (Å²) in [5.41, 5.74) is 0. The van der Waals surface area contributed by atoms with Gasteiger partial charge in [0.1, 0.15) is 4.86 Å². The number of β-lactam (4-membered cyclic amide) rings is 1. The molecule has 0 saturated carbocycles. The van der Waals surface area contributed by atoms with E-state index in [-0.39, 0.29) is 11.4 Å². The van der Waals surface area contributed by atoms with E-state index in [1.54, 1.807) is 0 Å². The Morgan fingerprint density at radius 3 is 2.20 bits per heavy atom. The molecule has 1 fully saturated rings. The third-order valence-electron chi connectivity index (χ3n) is 1.03. The minimum atomic E-state index is -4.35. The Labute approximate surface area is 62.5 Å². The van der Waals surface area contributed by atoms with E-state index in [0.717, 1.165) is 0 Å². The molecule has 0 spiro atoms. The van der Waals surface area contributed by atoms with Crippen LogP contribution in [-0.2, 0) is 15.1 Å². The minimum Gasteiger partial charge on any atom is -0.269 e. The summed E-state index contributed by atoms with van der Waals surface area (Å²) in [6.07, 6.45) is 0. The number of rotatable bonds is 1. The summed E-state index contributed by atoms with van der Waals surface area (Å²) >= 11 is 4.39. The zero-order valence-corrected chi connectivity index (χ0v) is 6.28. The van der Waals surface area contributed by atoms with E-state index < -0.39 is 16.2 Å². The van der Waals surface area contributed by atoms with Crippen molar-refractivity contribution in [1.82, 2.24) is 4.31 Å². The van der Waals surface area contributed by atoms with E-state index in [0.29, 0.717) is 4.31 Å². The maximum atomic E-state index is 10.5. The molecule has 0 unspecified atom stereocenters. The Balaban J connectivity index is 2.85. The van der Waals surface area contributed by atoms with E-state index in [2.05, 4.69) is 12.2 Å². The largest absolute Gasteiger partial charge is 0.362 e. The zero-order valence-electron chi connectivity index (χ0n) is 4.64. The summed E-state index contributed by atoms with van der Waals surface area (Å²) in [5, 5.41) is 0. The lowest BCUT2D eigenvalue weighted by molar-refractivity contribution is -0.122. The third-order valence-corrected chi connectivity index (χ3v) is 2.19. The smallest absolute Gasteiger partial charge is 0.269 e. The highest BCUT2D eigenvalue weighted by atomic mass is 32.2. The van der Waals surface area contributed by atoms with Crippen LogP contribution in [0.5, 0.6) is 0 Å². The van der Waals surface area contributed by atoms with Gasteiger partial charge in [0.25, 0.3) is 5.91 Å². The third kappa shape index (κ3) is 1.02. The molecule has 0 aromatic rings. The fourth-order valence-electron chi connectivity index (χ4n) is 0.504. The van der Waals surface area contributed by atoms with Gasteiger partial charge in [-0.05, 0) is 0 Å².